The Kier molecular flexibility index (Phi) is 6.09. The SMILES string of the molecule is [2H]c1c([2H])c([2H])c2c(c1[2H])c1c(-c3ccccc3-c3ccccc3)cccc1n2-c1nc(-c2ccccc2)nc(-c2ccc(-c3ccccc3)cc2)n1. The average molecular weight is 631 g/mol. The molecule has 0 amide bonds. The summed E-state index contributed by atoms with van der Waals surface area (Å²) < 4.78 is 37.8. The molecule has 9 aromatic rings. The second kappa shape index (κ2) is 12.2. The van der Waals surface area contributed by atoms with Crippen LogP contribution in [0, 0.1) is 0 Å². The van der Waals surface area contributed by atoms with E-state index in [1.54, 1.807) is 4.57 Å². The average Bonchev–Trinajstić information content (AvgIpc) is 3.59. The summed E-state index contributed by atoms with van der Waals surface area (Å²) >= 11 is 0. The summed E-state index contributed by atoms with van der Waals surface area (Å²) in [5, 5.41) is 1.09. The van der Waals surface area contributed by atoms with Crippen LogP contribution >= 0.6 is 0 Å². The first-order chi connectivity index (χ1) is 26.0. The van der Waals surface area contributed by atoms with Gasteiger partial charge in [0.25, 0.3) is 0 Å². The summed E-state index contributed by atoms with van der Waals surface area (Å²) in [7, 11) is 0. The van der Waals surface area contributed by atoms with Crippen LogP contribution in [0.3, 0.4) is 0 Å². The summed E-state index contributed by atoms with van der Waals surface area (Å²) in [5.41, 5.74) is 8.52. The third kappa shape index (κ3) is 5.16. The maximum atomic E-state index is 9.26. The quantitative estimate of drug-likeness (QED) is 0.184. The number of fused-ring (bicyclic) bond motifs is 3. The molecule has 0 atom stereocenters. The van der Waals surface area contributed by atoms with Gasteiger partial charge in [0.05, 0.1) is 16.5 Å². The Morgan fingerprint density at radius 2 is 0.898 bits per heavy atom. The molecule has 0 aliphatic carbocycles. The first kappa shape index (κ1) is 24.5. The molecule has 0 spiro atoms. The molecule has 0 unspecified atom stereocenters. The van der Waals surface area contributed by atoms with Crippen molar-refractivity contribution in [3.63, 3.8) is 0 Å². The van der Waals surface area contributed by atoms with Gasteiger partial charge in [0, 0.05) is 21.9 Å². The molecule has 7 aromatic carbocycles. The number of hydrogen-bond donors (Lipinski definition) is 0. The van der Waals surface area contributed by atoms with Gasteiger partial charge in [-0.2, -0.15) is 9.97 Å². The zero-order valence-corrected chi connectivity index (χ0v) is 26.3. The van der Waals surface area contributed by atoms with Gasteiger partial charge in [-0.25, -0.2) is 4.98 Å². The second-order valence-corrected chi connectivity index (χ2v) is 11.8. The van der Waals surface area contributed by atoms with Crippen molar-refractivity contribution in [1.29, 1.82) is 0 Å². The second-order valence-electron chi connectivity index (χ2n) is 11.8. The highest BCUT2D eigenvalue weighted by molar-refractivity contribution is 6.16. The minimum absolute atomic E-state index is 0.122. The third-order valence-electron chi connectivity index (χ3n) is 8.83. The summed E-state index contributed by atoms with van der Waals surface area (Å²) in [4.78, 5) is 15.0. The predicted molar refractivity (Wildman–Crippen MR) is 201 cm³/mol. The number of hydrogen-bond acceptors (Lipinski definition) is 3. The van der Waals surface area contributed by atoms with Gasteiger partial charge in [0.1, 0.15) is 0 Å². The molecule has 0 aliphatic rings. The monoisotopic (exact) mass is 630 g/mol. The Labute approximate surface area is 290 Å². The molecule has 49 heavy (non-hydrogen) atoms. The Hall–Kier alpha value is -6.65. The topological polar surface area (TPSA) is 43.6 Å². The van der Waals surface area contributed by atoms with Gasteiger partial charge in [-0.05, 0) is 45.5 Å². The van der Waals surface area contributed by atoms with Crippen LogP contribution in [0.5, 0.6) is 0 Å². The fraction of sp³-hybridized carbons (Fsp3) is 0. The maximum Gasteiger partial charge on any atom is 0.238 e. The third-order valence-corrected chi connectivity index (χ3v) is 8.83. The standard InChI is InChI=1S/C45H30N4/c1-4-15-31(16-5-1)32-27-29-35(30-28-32)44-46-43(34-19-8-3-9-20-34)47-45(48-44)49-40-25-13-12-23-39(40)42-38(24-14-26-41(42)49)37-22-11-10-21-36(37)33-17-6-2-7-18-33/h1-30H/i12D,13D,23D,25D. The van der Waals surface area contributed by atoms with Crippen LogP contribution in [0.15, 0.2) is 182 Å². The zero-order valence-electron chi connectivity index (χ0n) is 30.3. The molecule has 2 aromatic heterocycles. The number of aromatic nitrogens is 4. The largest absolute Gasteiger partial charge is 0.278 e. The predicted octanol–water partition coefficient (Wildman–Crippen LogP) is 11.3. The number of benzene rings is 7. The van der Waals surface area contributed by atoms with E-state index >= 15 is 0 Å². The van der Waals surface area contributed by atoms with Gasteiger partial charge in [0.2, 0.25) is 5.95 Å². The lowest BCUT2D eigenvalue weighted by Crippen LogP contribution is -2.06. The van der Waals surface area contributed by atoms with Gasteiger partial charge in [-0.15, -0.1) is 0 Å². The highest BCUT2D eigenvalue weighted by Gasteiger charge is 2.21. The summed E-state index contributed by atoms with van der Waals surface area (Å²) in [6.45, 7) is 0. The van der Waals surface area contributed by atoms with E-state index in [1.165, 1.54) is 0 Å². The van der Waals surface area contributed by atoms with Crippen LogP contribution in [0.1, 0.15) is 5.48 Å². The zero-order chi connectivity index (χ0) is 36.1. The van der Waals surface area contributed by atoms with Crippen LogP contribution < -0.4 is 0 Å². The molecule has 4 nitrogen and oxygen atoms in total. The molecule has 0 aliphatic heterocycles. The molecule has 0 radical (unpaired) electrons. The minimum atomic E-state index is -0.327. The Morgan fingerprint density at radius 1 is 0.388 bits per heavy atom. The van der Waals surface area contributed by atoms with Crippen LogP contribution in [-0.2, 0) is 0 Å². The highest BCUT2D eigenvalue weighted by atomic mass is 15.2. The number of para-hydroxylation sites is 1. The lowest BCUT2D eigenvalue weighted by Gasteiger charge is -2.13. The highest BCUT2D eigenvalue weighted by Crippen LogP contribution is 2.41. The van der Waals surface area contributed by atoms with E-state index in [1.807, 2.05) is 121 Å². The van der Waals surface area contributed by atoms with Gasteiger partial charge in [-0.1, -0.05) is 170 Å². The molecule has 0 saturated carbocycles. The van der Waals surface area contributed by atoms with Crippen molar-refractivity contribution >= 4 is 21.8 Å². The van der Waals surface area contributed by atoms with Crippen molar-refractivity contribution in [2.45, 2.75) is 0 Å². The van der Waals surface area contributed by atoms with Gasteiger partial charge in [0.15, 0.2) is 11.6 Å². The van der Waals surface area contributed by atoms with Crippen LogP contribution in [0.4, 0.5) is 0 Å². The van der Waals surface area contributed by atoms with E-state index in [0.29, 0.717) is 33.5 Å². The van der Waals surface area contributed by atoms with Crippen molar-refractivity contribution in [2.24, 2.45) is 0 Å². The molecule has 0 fully saturated rings. The van der Waals surface area contributed by atoms with E-state index < -0.39 is 0 Å². The number of rotatable bonds is 6. The van der Waals surface area contributed by atoms with Crippen molar-refractivity contribution in [3.05, 3.63) is 182 Å². The molecule has 2 heterocycles. The lowest BCUT2D eigenvalue weighted by molar-refractivity contribution is 0.953. The molecule has 4 heteroatoms. The molecular formula is C45H30N4. The maximum absolute atomic E-state index is 9.26. The van der Waals surface area contributed by atoms with Crippen molar-refractivity contribution < 1.29 is 5.48 Å². The van der Waals surface area contributed by atoms with Crippen LogP contribution in [0.25, 0.3) is 83.9 Å². The van der Waals surface area contributed by atoms with E-state index in [9.17, 15) is 2.74 Å². The molecule has 0 bridgehead atoms. The molecule has 0 N–H and O–H groups in total. The van der Waals surface area contributed by atoms with Gasteiger partial charge >= 0.3 is 0 Å². The normalized spacial score (nSPS) is 12.4. The van der Waals surface area contributed by atoms with Gasteiger partial charge in [-0.3, -0.25) is 4.57 Å². The van der Waals surface area contributed by atoms with Crippen molar-refractivity contribution in [3.8, 4) is 62.1 Å². The fourth-order valence-electron chi connectivity index (χ4n) is 6.54. The smallest absolute Gasteiger partial charge is 0.238 e. The summed E-state index contributed by atoms with van der Waals surface area (Å²) in [6.07, 6.45) is 0. The summed E-state index contributed by atoms with van der Waals surface area (Å²) in [6, 6.07) is 51.2. The summed E-state index contributed by atoms with van der Waals surface area (Å²) in [5.74, 6) is 1.13. The molecular weight excluding hydrogens is 597 g/mol. The Balaban J connectivity index is 1.35. The number of nitrogens with zero attached hydrogens (tertiary/aromatic N) is 4. The van der Waals surface area contributed by atoms with Crippen LogP contribution in [-0.4, -0.2) is 19.5 Å². The Bertz CT molecular complexity index is 2800. The van der Waals surface area contributed by atoms with E-state index in [-0.39, 0.29) is 30.1 Å². The van der Waals surface area contributed by atoms with Gasteiger partial charge < -0.3 is 0 Å². The lowest BCUT2D eigenvalue weighted by atomic mass is 9.92. The van der Waals surface area contributed by atoms with Crippen molar-refractivity contribution in [1.82, 2.24) is 19.5 Å². The van der Waals surface area contributed by atoms with E-state index in [2.05, 4.69) is 36.4 Å². The van der Waals surface area contributed by atoms with E-state index in [4.69, 9.17) is 17.7 Å². The van der Waals surface area contributed by atoms with Crippen molar-refractivity contribution in [2.75, 3.05) is 0 Å². The fourth-order valence-corrected chi connectivity index (χ4v) is 6.54. The molecule has 230 valence electrons. The first-order valence-corrected chi connectivity index (χ1v) is 16.1. The minimum Gasteiger partial charge on any atom is -0.278 e. The first-order valence-electron chi connectivity index (χ1n) is 18.1. The van der Waals surface area contributed by atoms with E-state index in [0.717, 1.165) is 44.5 Å². The Morgan fingerprint density at radius 3 is 1.59 bits per heavy atom. The molecule has 0 saturated heterocycles. The van der Waals surface area contributed by atoms with Crippen LogP contribution in [0.2, 0.25) is 0 Å². The molecule has 9 rings (SSSR count).